The molecule has 0 bridgehead atoms. The van der Waals surface area contributed by atoms with Gasteiger partial charge in [0.2, 0.25) is 0 Å². The lowest BCUT2D eigenvalue weighted by Gasteiger charge is -2.12. The molecule has 3 rings (SSSR count). The van der Waals surface area contributed by atoms with E-state index in [4.69, 9.17) is 4.74 Å². The van der Waals surface area contributed by atoms with Crippen LogP contribution in [-0.4, -0.2) is 9.55 Å². The molecule has 23 heavy (non-hydrogen) atoms. The summed E-state index contributed by atoms with van der Waals surface area (Å²) in [4.78, 5) is 4.08. The Morgan fingerprint density at radius 1 is 1.00 bits per heavy atom. The number of nitrogens with zero attached hydrogens (tertiary/aromatic N) is 2. The van der Waals surface area contributed by atoms with Crippen LogP contribution < -0.4 is 4.74 Å². The average Bonchev–Trinajstić information content (AvgIpc) is 3.03. The van der Waals surface area contributed by atoms with Crippen LogP contribution >= 0.6 is 12.4 Å². The highest BCUT2D eigenvalue weighted by molar-refractivity contribution is 5.85. The number of halogens is 1. The van der Waals surface area contributed by atoms with Crippen molar-refractivity contribution < 1.29 is 4.74 Å². The van der Waals surface area contributed by atoms with Gasteiger partial charge in [-0.05, 0) is 42.2 Å². The third-order valence-electron chi connectivity index (χ3n) is 3.57. The fourth-order valence-corrected chi connectivity index (χ4v) is 2.54. The molecule has 1 heterocycles. The van der Waals surface area contributed by atoms with Gasteiger partial charge < -0.3 is 9.30 Å². The first kappa shape index (κ1) is 17.1. The number of hydrogen-bond acceptors (Lipinski definition) is 2. The first-order valence-electron chi connectivity index (χ1n) is 7.57. The fraction of sp³-hybridized carbons (Fsp3) is 0.211. The Hall–Kier alpha value is -2.26. The molecule has 120 valence electrons. The molecule has 0 N–H and O–H groups in total. The van der Waals surface area contributed by atoms with E-state index in [1.54, 1.807) is 0 Å². The van der Waals surface area contributed by atoms with Crippen molar-refractivity contribution in [3.05, 3.63) is 78.9 Å². The smallest absolute Gasteiger partial charge is 0.127 e. The molecule has 0 saturated heterocycles. The number of imidazole rings is 1. The minimum Gasteiger partial charge on any atom is -0.457 e. The van der Waals surface area contributed by atoms with Crippen molar-refractivity contribution in [3.63, 3.8) is 0 Å². The van der Waals surface area contributed by atoms with E-state index < -0.39 is 0 Å². The highest BCUT2D eigenvalue weighted by Crippen LogP contribution is 2.22. The summed E-state index contributed by atoms with van der Waals surface area (Å²) in [7, 11) is 0. The topological polar surface area (TPSA) is 27.1 Å². The lowest BCUT2D eigenvalue weighted by Crippen LogP contribution is -2.08. The summed E-state index contributed by atoms with van der Waals surface area (Å²) in [5.41, 5.74) is 1.33. The second-order valence-electron chi connectivity index (χ2n) is 5.63. The Balaban J connectivity index is 0.00000192. The molecule has 0 saturated carbocycles. The van der Waals surface area contributed by atoms with Gasteiger partial charge in [0, 0.05) is 18.9 Å². The van der Waals surface area contributed by atoms with Gasteiger partial charge >= 0.3 is 0 Å². The van der Waals surface area contributed by atoms with E-state index >= 15 is 0 Å². The Kier molecular flexibility index (Phi) is 6.24. The van der Waals surface area contributed by atoms with E-state index in [1.165, 1.54) is 5.56 Å². The molecular formula is C19H21ClN2O. The molecule has 0 spiro atoms. The van der Waals surface area contributed by atoms with E-state index in [9.17, 15) is 0 Å². The van der Waals surface area contributed by atoms with Gasteiger partial charge in [0.15, 0.2) is 0 Å². The first-order valence-corrected chi connectivity index (χ1v) is 7.57. The van der Waals surface area contributed by atoms with Crippen LogP contribution in [0.25, 0.3) is 0 Å². The van der Waals surface area contributed by atoms with Crippen LogP contribution in [0.5, 0.6) is 11.5 Å². The number of para-hydroxylation sites is 1. The first-order chi connectivity index (χ1) is 10.8. The quantitative estimate of drug-likeness (QED) is 0.638. The molecule has 0 radical (unpaired) electrons. The minimum atomic E-state index is 0. The summed E-state index contributed by atoms with van der Waals surface area (Å²) in [5.74, 6) is 2.30. The molecule has 4 heteroatoms. The van der Waals surface area contributed by atoms with E-state index in [0.717, 1.165) is 24.5 Å². The number of benzene rings is 2. The zero-order valence-electron chi connectivity index (χ0n) is 13.1. The van der Waals surface area contributed by atoms with Gasteiger partial charge in [-0.15, -0.1) is 12.4 Å². The summed E-state index contributed by atoms with van der Waals surface area (Å²) in [5, 5.41) is 0. The van der Waals surface area contributed by atoms with Crippen molar-refractivity contribution in [1.82, 2.24) is 9.55 Å². The van der Waals surface area contributed by atoms with Crippen molar-refractivity contribution in [2.75, 3.05) is 0 Å². The third kappa shape index (κ3) is 5.15. The van der Waals surface area contributed by atoms with Crippen LogP contribution in [0.15, 0.2) is 73.3 Å². The fourth-order valence-electron chi connectivity index (χ4n) is 2.54. The Labute approximate surface area is 143 Å². The number of aromatic nitrogens is 2. The van der Waals surface area contributed by atoms with Gasteiger partial charge in [0.25, 0.3) is 0 Å². The predicted octanol–water partition coefficient (Wildman–Crippen LogP) is 4.98. The molecule has 1 aromatic heterocycles. The summed E-state index contributed by atoms with van der Waals surface area (Å²) < 4.78 is 7.93. The molecule has 0 aliphatic carbocycles. The number of hydrogen-bond donors (Lipinski definition) is 0. The Bertz CT molecular complexity index is 681. The molecular weight excluding hydrogens is 308 g/mol. The van der Waals surface area contributed by atoms with Crippen molar-refractivity contribution in [1.29, 1.82) is 0 Å². The molecule has 0 fully saturated rings. The Morgan fingerprint density at radius 2 is 1.70 bits per heavy atom. The van der Waals surface area contributed by atoms with Gasteiger partial charge in [-0.25, -0.2) is 4.98 Å². The summed E-state index contributed by atoms with van der Waals surface area (Å²) in [6.45, 7) is 3.25. The normalized spacial score (nSPS) is 11.5. The van der Waals surface area contributed by atoms with E-state index in [-0.39, 0.29) is 12.4 Å². The molecule has 0 amide bonds. The van der Waals surface area contributed by atoms with Crippen LogP contribution in [0, 0.1) is 5.92 Å². The minimum absolute atomic E-state index is 0. The molecule has 0 aliphatic rings. The maximum Gasteiger partial charge on any atom is 0.127 e. The molecule has 2 aromatic carbocycles. The van der Waals surface area contributed by atoms with Gasteiger partial charge in [-0.1, -0.05) is 37.3 Å². The molecule has 1 unspecified atom stereocenters. The maximum atomic E-state index is 5.81. The number of rotatable bonds is 6. The summed E-state index contributed by atoms with van der Waals surface area (Å²) in [6.07, 6.45) is 6.74. The van der Waals surface area contributed by atoms with Crippen molar-refractivity contribution in [2.24, 2.45) is 5.92 Å². The van der Waals surface area contributed by atoms with E-state index in [2.05, 4.69) is 28.6 Å². The average molecular weight is 329 g/mol. The molecule has 3 aromatic rings. The van der Waals surface area contributed by atoms with Gasteiger partial charge in [-0.3, -0.25) is 0 Å². The largest absolute Gasteiger partial charge is 0.457 e. The van der Waals surface area contributed by atoms with Crippen LogP contribution in [0.2, 0.25) is 0 Å². The Morgan fingerprint density at radius 3 is 2.35 bits per heavy atom. The monoisotopic (exact) mass is 328 g/mol. The van der Waals surface area contributed by atoms with Crippen LogP contribution in [0.4, 0.5) is 0 Å². The second kappa shape index (κ2) is 8.39. The second-order valence-corrected chi connectivity index (χ2v) is 5.63. The SMILES string of the molecule is CC(Cc1ccc(Oc2ccccc2)cc1)Cn1ccnc1.Cl. The van der Waals surface area contributed by atoms with Crippen molar-refractivity contribution in [3.8, 4) is 11.5 Å². The zero-order chi connectivity index (χ0) is 15.2. The van der Waals surface area contributed by atoms with E-state index in [0.29, 0.717) is 5.92 Å². The van der Waals surface area contributed by atoms with Crippen molar-refractivity contribution in [2.45, 2.75) is 19.9 Å². The van der Waals surface area contributed by atoms with Crippen LogP contribution in [-0.2, 0) is 13.0 Å². The van der Waals surface area contributed by atoms with Crippen molar-refractivity contribution >= 4 is 12.4 Å². The van der Waals surface area contributed by atoms with Crippen LogP contribution in [0.3, 0.4) is 0 Å². The van der Waals surface area contributed by atoms with Gasteiger partial charge in [-0.2, -0.15) is 0 Å². The summed E-state index contributed by atoms with van der Waals surface area (Å²) >= 11 is 0. The third-order valence-corrected chi connectivity index (χ3v) is 3.57. The lowest BCUT2D eigenvalue weighted by molar-refractivity contribution is 0.474. The number of ether oxygens (including phenoxy) is 1. The lowest BCUT2D eigenvalue weighted by atomic mass is 10.0. The molecule has 3 nitrogen and oxygen atoms in total. The van der Waals surface area contributed by atoms with E-state index in [1.807, 2.05) is 61.2 Å². The predicted molar refractivity (Wildman–Crippen MR) is 95.3 cm³/mol. The highest BCUT2D eigenvalue weighted by atomic mass is 35.5. The van der Waals surface area contributed by atoms with Crippen LogP contribution in [0.1, 0.15) is 12.5 Å². The molecule has 1 atom stereocenters. The summed E-state index contributed by atoms with van der Waals surface area (Å²) in [6, 6.07) is 18.2. The highest BCUT2D eigenvalue weighted by Gasteiger charge is 2.05. The standard InChI is InChI=1S/C19H20N2O.ClH/c1-16(14-21-12-11-20-15-21)13-17-7-9-19(10-8-17)22-18-5-3-2-4-6-18;/h2-12,15-16H,13-14H2,1H3;1H. The molecule has 0 aliphatic heterocycles. The van der Waals surface area contributed by atoms with Gasteiger partial charge in [0.1, 0.15) is 11.5 Å². The zero-order valence-corrected chi connectivity index (χ0v) is 13.9. The maximum absolute atomic E-state index is 5.81. The van der Waals surface area contributed by atoms with Gasteiger partial charge in [0.05, 0.1) is 6.33 Å².